The number of pyridine rings is 1. The summed E-state index contributed by atoms with van der Waals surface area (Å²) in [6.45, 7) is 5.55. The van der Waals surface area contributed by atoms with Crippen molar-refractivity contribution in [3.8, 4) is 5.69 Å². The summed E-state index contributed by atoms with van der Waals surface area (Å²) in [6.07, 6.45) is 5.08. The summed E-state index contributed by atoms with van der Waals surface area (Å²) < 4.78 is 1.64. The number of aromatic nitrogens is 3. The number of hydrogen-bond donors (Lipinski definition) is 1. The molecule has 2 rings (SSSR count). The fourth-order valence-electron chi connectivity index (χ4n) is 1.71. The molecule has 0 spiro atoms. The van der Waals surface area contributed by atoms with Crippen LogP contribution in [0.15, 0.2) is 30.7 Å². The van der Waals surface area contributed by atoms with Gasteiger partial charge in [-0.15, -0.1) is 11.6 Å². The number of amides is 1. The van der Waals surface area contributed by atoms with Crippen molar-refractivity contribution in [1.29, 1.82) is 0 Å². The van der Waals surface area contributed by atoms with Crippen molar-refractivity contribution < 1.29 is 4.79 Å². The van der Waals surface area contributed by atoms with E-state index in [1.807, 2.05) is 26.0 Å². The van der Waals surface area contributed by atoms with E-state index in [0.717, 1.165) is 5.69 Å². The van der Waals surface area contributed by atoms with Crippen LogP contribution < -0.4 is 5.32 Å². The fourth-order valence-corrected chi connectivity index (χ4v) is 1.78. The normalized spacial score (nSPS) is 11.4. The second-order valence-electron chi connectivity index (χ2n) is 5.26. The highest BCUT2D eigenvalue weighted by molar-refractivity contribution is 6.18. The standard InChI is InChI=1S/C14H17ClN4O/c1-10-12(13(20)17-14(2,3)9-15)8-19(18-10)11-5-4-6-16-7-11/h4-8H,9H2,1-3H3,(H,17,20). The summed E-state index contributed by atoms with van der Waals surface area (Å²) >= 11 is 5.82. The van der Waals surface area contributed by atoms with E-state index in [1.165, 1.54) is 0 Å². The molecule has 6 heteroatoms. The van der Waals surface area contributed by atoms with E-state index in [9.17, 15) is 4.79 Å². The van der Waals surface area contributed by atoms with Crippen LogP contribution in [0.5, 0.6) is 0 Å². The average Bonchev–Trinajstić information content (AvgIpc) is 2.81. The van der Waals surface area contributed by atoms with Crippen molar-refractivity contribution in [2.75, 3.05) is 5.88 Å². The van der Waals surface area contributed by atoms with Gasteiger partial charge in [0.15, 0.2) is 0 Å². The maximum Gasteiger partial charge on any atom is 0.255 e. The van der Waals surface area contributed by atoms with Crippen LogP contribution in [-0.4, -0.2) is 32.1 Å². The van der Waals surface area contributed by atoms with E-state index in [0.29, 0.717) is 17.1 Å². The maximum absolute atomic E-state index is 12.2. The van der Waals surface area contributed by atoms with Crippen molar-refractivity contribution in [2.45, 2.75) is 26.3 Å². The molecule has 0 unspecified atom stereocenters. The Kier molecular flexibility index (Phi) is 4.09. The zero-order valence-corrected chi connectivity index (χ0v) is 12.5. The maximum atomic E-state index is 12.2. The molecule has 5 nitrogen and oxygen atoms in total. The van der Waals surface area contributed by atoms with Gasteiger partial charge in [-0.1, -0.05) is 0 Å². The molecule has 2 heterocycles. The smallest absolute Gasteiger partial charge is 0.255 e. The molecular weight excluding hydrogens is 276 g/mol. The van der Waals surface area contributed by atoms with Crippen LogP contribution in [0.4, 0.5) is 0 Å². The van der Waals surface area contributed by atoms with Gasteiger partial charge in [0, 0.05) is 23.8 Å². The van der Waals surface area contributed by atoms with Gasteiger partial charge in [-0.3, -0.25) is 9.78 Å². The number of nitrogens with zero attached hydrogens (tertiary/aromatic N) is 3. The van der Waals surface area contributed by atoms with E-state index in [-0.39, 0.29) is 5.91 Å². The molecule has 106 valence electrons. The second-order valence-corrected chi connectivity index (χ2v) is 5.52. The van der Waals surface area contributed by atoms with Gasteiger partial charge in [-0.05, 0) is 32.9 Å². The first-order chi connectivity index (χ1) is 9.43. The Hall–Kier alpha value is -1.88. The molecule has 0 aliphatic heterocycles. The van der Waals surface area contributed by atoms with Crippen LogP contribution in [0.2, 0.25) is 0 Å². The quantitative estimate of drug-likeness (QED) is 0.880. The molecule has 2 aromatic rings. The molecule has 20 heavy (non-hydrogen) atoms. The van der Waals surface area contributed by atoms with Gasteiger partial charge in [-0.25, -0.2) is 4.68 Å². The molecule has 0 saturated heterocycles. The summed E-state index contributed by atoms with van der Waals surface area (Å²) in [5.41, 5.74) is 1.55. The van der Waals surface area contributed by atoms with Gasteiger partial charge in [0.25, 0.3) is 5.91 Å². The molecule has 0 aliphatic carbocycles. The van der Waals surface area contributed by atoms with Gasteiger partial charge < -0.3 is 5.32 Å². The SMILES string of the molecule is Cc1nn(-c2cccnc2)cc1C(=O)NC(C)(C)CCl. The molecule has 0 fully saturated rings. The zero-order valence-electron chi connectivity index (χ0n) is 11.7. The Labute approximate surface area is 123 Å². The molecule has 1 N–H and O–H groups in total. The van der Waals surface area contributed by atoms with E-state index >= 15 is 0 Å². The van der Waals surface area contributed by atoms with Crippen LogP contribution in [0.3, 0.4) is 0 Å². The van der Waals surface area contributed by atoms with Crippen LogP contribution in [0.1, 0.15) is 29.9 Å². The first-order valence-electron chi connectivity index (χ1n) is 6.28. The number of alkyl halides is 1. The van der Waals surface area contributed by atoms with Crippen LogP contribution in [0.25, 0.3) is 5.69 Å². The van der Waals surface area contributed by atoms with Crippen molar-refractivity contribution in [1.82, 2.24) is 20.1 Å². The predicted octanol–water partition coefficient (Wildman–Crippen LogP) is 2.32. The lowest BCUT2D eigenvalue weighted by Crippen LogP contribution is -2.45. The fraction of sp³-hybridized carbons (Fsp3) is 0.357. The average molecular weight is 293 g/mol. The number of aryl methyl sites for hydroxylation is 1. The first kappa shape index (κ1) is 14.5. The second kappa shape index (κ2) is 5.63. The third kappa shape index (κ3) is 3.17. The van der Waals surface area contributed by atoms with Crippen LogP contribution in [0, 0.1) is 6.92 Å². The summed E-state index contributed by atoms with van der Waals surface area (Å²) in [5.74, 6) is 0.164. The molecule has 0 radical (unpaired) electrons. The summed E-state index contributed by atoms with van der Waals surface area (Å²) in [7, 11) is 0. The van der Waals surface area contributed by atoms with Gasteiger partial charge in [-0.2, -0.15) is 5.10 Å². The Morgan fingerprint density at radius 1 is 1.50 bits per heavy atom. The summed E-state index contributed by atoms with van der Waals surface area (Å²) in [5, 5.41) is 7.23. The molecule has 0 aromatic carbocycles. The first-order valence-corrected chi connectivity index (χ1v) is 6.81. The van der Waals surface area contributed by atoms with Gasteiger partial charge in [0.1, 0.15) is 0 Å². The third-order valence-corrected chi connectivity index (χ3v) is 3.51. The largest absolute Gasteiger partial charge is 0.346 e. The minimum atomic E-state index is -0.457. The van der Waals surface area contributed by atoms with Crippen molar-refractivity contribution in [2.24, 2.45) is 0 Å². The highest BCUT2D eigenvalue weighted by Gasteiger charge is 2.22. The number of carbonyl (C=O) groups excluding carboxylic acids is 1. The van der Waals surface area contributed by atoms with Crippen molar-refractivity contribution >= 4 is 17.5 Å². The molecule has 0 atom stereocenters. The van der Waals surface area contributed by atoms with Gasteiger partial charge >= 0.3 is 0 Å². The highest BCUT2D eigenvalue weighted by atomic mass is 35.5. The van der Waals surface area contributed by atoms with Crippen molar-refractivity contribution in [3.63, 3.8) is 0 Å². The Balaban J connectivity index is 2.26. The van der Waals surface area contributed by atoms with Crippen molar-refractivity contribution in [3.05, 3.63) is 42.0 Å². The van der Waals surface area contributed by atoms with E-state index < -0.39 is 5.54 Å². The monoisotopic (exact) mass is 292 g/mol. The zero-order chi connectivity index (χ0) is 14.8. The Morgan fingerprint density at radius 2 is 2.25 bits per heavy atom. The third-order valence-electron chi connectivity index (χ3n) is 2.84. The number of rotatable bonds is 4. The van der Waals surface area contributed by atoms with E-state index in [2.05, 4.69) is 15.4 Å². The van der Waals surface area contributed by atoms with Crippen LogP contribution >= 0.6 is 11.6 Å². The lowest BCUT2D eigenvalue weighted by Gasteiger charge is -2.22. The number of halogens is 1. The Morgan fingerprint density at radius 3 is 2.85 bits per heavy atom. The lowest BCUT2D eigenvalue weighted by atomic mass is 10.1. The molecule has 0 aliphatic rings. The van der Waals surface area contributed by atoms with E-state index in [1.54, 1.807) is 30.2 Å². The lowest BCUT2D eigenvalue weighted by molar-refractivity contribution is 0.0920. The van der Waals surface area contributed by atoms with Gasteiger partial charge in [0.2, 0.25) is 0 Å². The number of hydrogen-bond acceptors (Lipinski definition) is 3. The molecule has 0 saturated carbocycles. The highest BCUT2D eigenvalue weighted by Crippen LogP contribution is 2.13. The topological polar surface area (TPSA) is 59.8 Å². The summed E-state index contributed by atoms with van der Waals surface area (Å²) in [6, 6.07) is 3.70. The summed E-state index contributed by atoms with van der Waals surface area (Å²) in [4.78, 5) is 16.3. The predicted molar refractivity (Wildman–Crippen MR) is 78.4 cm³/mol. The number of nitrogens with one attached hydrogen (secondary N) is 1. The molecule has 2 aromatic heterocycles. The van der Waals surface area contributed by atoms with Crippen LogP contribution in [-0.2, 0) is 0 Å². The number of carbonyl (C=O) groups is 1. The minimum Gasteiger partial charge on any atom is -0.346 e. The minimum absolute atomic E-state index is 0.178. The molecule has 1 amide bonds. The Bertz CT molecular complexity index is 607. The molecular formula is C14H17ClN4O. The van der Waals surface area contributed by atoms with E-state index in [4.69, 9.17) is 11.6 Å². The molecule has 0 bridgehead atoms. The van der Waals surface area contributed by atoms with Gasteiger partial charge in [0.05, 0.1) is 23.1 Å².